The van der Waals surface area contributed by atoms with E-state index in [2.05, 4.69) is 15.6 Å². The SMILES string of the molecule is CC(=O)N[C@@H](C(=O)Nc1ccc(Oc2ccc(F)cc2)nc1)C(C)C. The number of carbonyl (C=O) groups excluding carboxylic acids is 2. The lowest BCUT2D eigenvalue weighted by molar-refractivity contribution is -0.126. The lowest BCUT2D eigenvalue weighted by Gasteiger charge is -2.20. The first-order chi connectivity index (χ1) is 11.8. The molecule has 0 fully saturated rings. The summed E-state index contributed by atoms with van der Waals surface area (Å²) in [7, 11) is 0. The van der Waals surface area contributed by atoms with E-state index in [0.717, 1.165) is 0 Å². The Morgan fingerprint density at radius 2 is 1.80 bits per heavy atom. The van der Waals surface area contributed by atoms with Crippen LogP contribution in [0.2, 0.25) is 0 Å². The van der Waals surface area contributed by atoms with Crippen LogP contribution in [0, 0.1) is 11.7 Å². The fraction of sp³-hybridized carbons (Fsp3) is 0.278. The molecule has 0 saturated carbocycles. The standard InChI is InChI=1S/C18H20FN3O3/c1-11(2)17(21-12(3)23)18(24)22-14-6-9-16(20-10-14)25-15-7-4-13(19)5-8-15/h4-11,17H,1-3H3,(H,21,23)(H,22,24)/t17-/m1/s1. The van der Waals surface area contributed by atoms with Gasteiger partial charge in [0.25, 0.3) is 0 Å². The molecule has 0 aliphatic heterocycles. The molecule has 2 rings (SSSR count). The van der Waals surface area contributed by atoms with E-state index in [1.807, 2.05) is 13.8 Å². The van der Waals surface area contributed by atoms with Gasteiger partial charge in [0.15, 0.2) is 0 Å². The van der Waals surface area contributed by atoms with Gasteiger partial charge in [-0.25, -0.2) is 9.37 Å². The summed E-state index contributed by atoms with van der Waals surface area (Å²) < 4.78 is 18.3. The van der Waals surface area contributed by atoms with Gasteiger partial charge in [-0.05, 0) is 36.2 Å². The van der Waals surface area contributed by atoms with Crippen LogP contribution in [-0.2, 0) is 9.59 Å². The van der Waals surface area contributed by atoms with E-state index < -0.39 is 6.04 Å². The van der Waals surface area contributed by atoms with E-state index in [-0.39, 0.29) is 23.5 Å². The lowest BCUT2D eigenvalue weighted by Crippen LogP contribution is -2.46. The molecular weight excluding hydrogens is 325 g/mol. The number of carbonyl (C=O) groups is 2. The number of rotatable bonds is 6. The highest BCUT2D eigenvalue weighted by Gasteiger charge is 2.23. The van der Waals surface area contributed by atoms with Crippen molar-refractivity contribution in [3.63, 3.8) is 0 Å². The number of halogens is 1. The highest BCUT2D eigenvalue weighted by atomic mass is 19.1. The Morgan fingerprint density at radius 3 is 2.32 bits per heavy atom. The van der Waals surface area contributed by atoms with Crippen LogP contribution < -0.4 is 15.4 Å². The molecule has 1 heterocycles. The van der Waals surface area contributed by atoms with E-state index >= 15 is 0 Å². The molecule has 0 bridgehead atoms. The summed E-state index contributed by atoms with van der Waals surface area (Å²) >= 11 is 0. The number of hydrogen-bond donors (Lipinski definition) is 2. The number of nitrogens with zero attached hydrogens (tertiary/aromatic N) is 1. The fourth-order valence-electron chi connectivity index (χ4n) is 2.11. The molecule has 1 aromatic heterocycles. The van der Waals surface area contributed by atoms with Crippen LogP contribution in [-0.4, -0.2) is 22.8 Å². The Kier molecular flexibility index (Phi) is 6.05. The summed E-state index contributed by atoms with van der Waals surface area (Å²) in [5.74, 6) is -0.229. The minimum Gasteiger partial charge on any atom is -0.439 e. The molecule has 2 N–H and O–H groups in total. The predicted octanol–water partition coefficient (Wildman–Crippen LogP) is 3.11. The second-order valence-electron chi connectivity index (χ2n) is 5.85. The Hall–Kier alpha value is -2.96. The molecule has 0 aliphatic rings. The third kappa shape index (κ3) is 5.56. The summed E-state index contributed by atoms with van der Waals surface area (Å²) in [5.41, 5.74) is 0.479. The molecular formula is C18H20FN3O3. The highest BCUT2D eigenvalue weighted by Crippen LogP contribution is 2.20. The number of anilines is 1. The minimum atomic E-state index is -0.632. The molecule has 2 amide bonds. The van der Waals surface area contributed by atoms with E-state index in [1.165, 1.54) is 37.4 Å². The summed E-state index contributed by atoms with van der Waals surface area (Å²) in [4.78, 5) is 27.6. The quantitative estimate of drug-likeness (QED) is 0.843. The molecule has 0 aliphatic carbocycles. The van der Waals surface area contributed by atoms with Crippen LogP contribution in [0.5, 0.6) is 11.6 Å². The highest BCUT2D eigenvalue weighted by molar-refractivity contribution is 5.97. The molecule has 2 aromatic rings. The zero-order valence-corrected chi connectivity index (χ0v) is 14.2. The van der Waals surface area contributed by atoms with Crippen LogP contribution in [0.25, 0.3) is 0 Å². The largest absolute Gasteiger partial charge is 0.439 e. The summed E-state index contributed by atoms with van der Waals surface area (Å²) in [6.07, 6.45) is 1.45. The van der Waals surface area contributed by atoms with Gasteiger partial charge >= 0.3 is 0 Å². The minimum absolute atomic E-state index is 0.0575. The van der Waals surface area contributed by atoms with Gasteiger partial charge in [-0.1, -0.05) is 13.8 Å². The van der Waals surface area contributed by atoms with E-state index in [4.69, 9.17) is 4.74 Å². The number of amides is 2. The maximum absolute atomic E-state index is 12.9. The Labute approximate surface area is 145 Å². The molecule has 0 radical (unpaired) electrons. The normalized spacial score (nSPS) is 11.7. The third-order valence-corrected chi connectivity index (χ3v) is 3.35. The van der Waals surface area contributed by atoms with E-state index in [1.54, 1.807) is 12.1 Å². The predicted molar refractivity (Wildman–Crippen MR) is 91.8 cm³/mol. The van der Waals surface area contributed by atoms with Gasteiger partial charge in [-0.2, -0.15) is 0 Å². The average Bonchev–Trinajstić information content (AvgIpc) is 2.56. The first kappa shape index (κ1) is 18.4. The number of nitrogens with one attached hydrogen (secondary N) is 2. The maximum Gasteiger partial charge on any atom is 0.247 e. The number of hydrogen-bond acceptors (Lipinski definition) is 4. The number of ether oxygens (including phenoxy) is 1. The summed E-state index contributed by atoms with van der Waals surface area (Å²) in [6.45, 7) is 5.06. The van der Waals surface area contributed by atoms with Crippen molar-refractivity contribution in [1.29, 1.82) is 0 Å². The topological polar surface area (TPSA) is 80.3 Å². The van der Waals surface area contributed by atoms with Gasteiger partial charge in [0, 0.05) is 13.0 Å². The molecule has 132 valence electrons. The summed E-state index contributed by atoms with van der Waals surface area (Å²) in [6, 6.07) is 8.15. The van der Waals surface area contributed by atoms with Crippen LogP contribution in [0.4, 0.5) is 10.1 Å². The third-order valence-electron chi connectivity index (χ3n) is 3.35. The van der Waals surface area contributed by atoms with Crippen molar-refractivity contribution in [3.8, 4) is 11.6 Å². The Bertz CT molecular complexity index is 730. The molecule has 7 heteroatoms. The summed E-state index contributed by atoms with van der Waals surface area (Å²) in [5, 5.41) is 5.33. The van der Waals surface area contributed by atoms with Crippen LogP contribution in [0.3, 0.4) is 0 Å². The van der Waals surface area contributed by atoms with Gasteiger partial charge in [-0.3, -0.25) is 9.59 Å². The van der Waals surface area contributed by atoms with Crippen molar-refractivity contribution in [3.05, 3.63) is 48.4 Å². The first-order valence-electron chi connectivity index (χ1n) is 7.82. The van der Waals surface area contributed by atoms with Gasteiger partial charge in [0.1, 0.15) is 17.6 Å². The average molecular weight is 345 g/mol. The monoisotopic (exact) mass is 345 g/mol. The zero-order chi connectivity index (χ0) is 18.4. The molecule has 0 saturated heterocycles. The smallest absolute Gasteiger partial charge is 0.247 e. The fourth-order valence-corrected chi connectivity index (χ4v) is 2.11. The molecule has 0 spiro atoms. The van der Waals surface area contributed by atoms with Crippen molar-refractivity contribution in [2.75, 3.05) is 5.32 Å². The van der Waals surface area contributed by atoms with Crippen molar-refractivity contribution in [2.24, 2.45) is 5.92 Å². The molecule has 1 aromatic carbocycles. The number of aromatic nitrogens is 1. The first-order valence-corrected chi connectivity index (χ1v) is 7.82. The maximum atomic E-state index is 12.9. The van der Waals surface area contributed by atoms with Crippen molar-refractivity contribution in [2.45, 2.75) is 26.8 Å². The second kappa shape index (κ2) is 8.23. The molecule has 25 heavy (non-hydrogen) atoms. The van der Waals surface area contributed by atoms with E-state index in [9.17, 15) is 14.0 Å². The Balaban J connectivity index is 2.00. The van der Waals surface area contributed by atoms with Gasteiger partial charge in [0.05, 0.1) is 11.9 Å². The van der Waals surface area contributed by atoms with Gasteiger partial charge in [0.2, 0.25) is 17.7 Å². The van der Waals surface area contributed by atoms with Gasteiger partial charge < -0.3 is 15.4 Å². The lowest BCUT2D eigenvalue weighted by atomic mass is 10.0. The van der Waals surface area contributed by atoms with Crippen molar-refractivity contribution in [1.82, 2.24) is 10.3 Å². The van der Waals surface area contributed by atoms with Crippen LogP contribution >= 0.6 is 0 Å². The van der Waals surface area contributed by atoms with E-state index in [0.29, 0.717) is 17.3 Å². The Morgan fingerprint density at radius 1 is 1.12 bits per heavy atom. The van der Waals surface area contributed by atoms with Crippen LogP contribution in [0.1, 0.15) is 20.8 Å². The van der Waals surface area contributed by atoms with Gasteiger partial charge in [-0.15, -0.1) is 0 Å². The van der Waals surface area contributed by atoms with Crippen molar-refractivity contribution < 1.29 is 18.7 Å². The molecule has 6 nitrogen and oxygen atoms in total. The number of pyridine rings is 1. The van der Waals surface area contributed by atoms with Crippen molar-refractivity contribution >= 4 is 17.5 Å². The molecule has 0 unspecified atom stereocenters. The van der Waals surface area contributed by atoms with Crippen LogP contribution in [0.15, 0.2) is 42.6 Å². The second-order valence-corrected chi connectivity index (χ2v) is 5.85. The number of benzene rings is 1. The zero-order valence-electron chi connectivity index (χ0n) is 14.2. The molecule has 1 atom stereocenters.